The molecular weight excluding hydrogens is 418 g/mol. The number of nitrogens with zero attached hydrogens (tertiary/aromatic N) is 4. The molecule has 0 unspecified atom stereocenters. The second-order valence-corrected chi connectivity index (χ2v) is 9.87. The third-order valence-corrected chi connectivity index (χ3v) is 7.02. The van der Waals surface area contributed by atoms with Gasteiger partial charge in [-0.15, -0.1) is 11.3 Å². The van der Waals surface area contributed by atoms with Gasteiger partial charge in [0.15, 0.2) is 5.65 Å². The standard InChI is InChI=1S/C21H17N5O2S2/c1-26(30(2,27)28)15-5-3-4-14(8-15)18-11-23-21-20(25-18)16(10-22-21)13-6-7-17-19(9-13)29-12-24-17/h3-12H,1-2H3,(H,22,23). The van der Waals surface area contributed by atoms with Crippen molar-refractivity contribution in [2.24, 2.45) is 0 Å². The number of fused-ring (bicyclic) bond motifs is 2. The summed E-state index contributed by atoms with van der Waals surface area (Å²) >= 11 is 1.60. The van der Waals surface area contributed by atoms with Crippen LogP contribution in [0.2, 0.25) is 0 Å². The number of anilines is 1. The van der Waals surface area contributed by atoms with Crippen molar-refractivity contribution in [3.8, 4) is 22.4 Å². The van der Waals surface area contributed by atoms with Crippen molar-refractivity contribution >= 4 is 48.4 Å². The van der Waals surface area contributed by atoms with Gasteiger partial charge < -0.3 is 4.98 Å². The van der Waals surface area contributed by atoms with Gasteiger partial charge in [0, 0.05) is 24.4 Å². The molecule has 9 heteroatoms. The van der Waals surface area contributed by atoms with Crippen molar-refractivity contribution in [1.29, 1.82) is 0 Å². The molecule has 0 bridgehead atoms. The second-order valence-electron chi connectivity index (χ2n) is 6.97. The molecule has 0 fully saturated rings. The van der Waals surface area contributed by atoms with Gasteiger partial charge in [0.1, 0.15) is 5.52 Å². The fraction of sp³-hybridized carbons (Fsp3) is 0.0952. The number of rotatable bonds is 4. The van der Waals surface area contributed by atoms with E-state index in [4.69, 9.17) is 4.98 Å². The predicted octanol–water partition coefficient (Wildman–Crippen LogP) is 4.30. The van der Waals surface area contributed by atoms with Gasteiger partial charge in [-0.25, -0.2) is 23.4 Å². The fourth-order valence-corrected chi connectivity index (χ4v) is 4.54. The summed E-state index contributed by atoms with van der Waals surface area (Å²) in [5.41, 5.74) is 8.30. The Morgan fingerprint density at radius 2 is 1.93 bits per heavy atom. The van der Waals surface area contributed by atoms with Crippen molar-refractivity contribution < 1.29 is 8.42 Å². The molecular formula is C21H17N5O2S2. The molecule has 3 aromatic heterocycles. The number of hydrogen-bond acceptors (Lipinski definition) is 6. The summed E-state index contributed by atoms with van der Waals surface area (Å²) in [6, 6.07) is 13.4. The van der Waals surface area contributed by atoms with E-state index in [1.807, 2.05) is 36.0 Å². The molecule has 0 atom stereocenters. The number of hydrogen-bond donors (Lipinski definition) is 1. The molecule has 0 aliphatic carbocycles. The van der Waals surface area contributed by atoms with Crippen molar-refractivity contribution in [3.05, 3.63) is 60.4 Å². The first-order valence-electron chi connectivity index (χ1n) is 9.12. The maximum Gasteiger partial charge on any atom is 0.231 e. The zero-order valence-electron chi connectivity index (χ0n) is 16.2. The van der Waals surface area contributed by atoms with Crippen LogP contribution in [0.3, 0.4) is 0 Å². The number of benzene rings is 2. The van der Waals surface area contributed by atoms with Crippen LogP contribution in [0.4, 0.5) is 5.69 Å². The molecule has 7 nitrogen and oxygen atoms in total. The number of sulfonamides is 1. The predicted molar refractivity (Wildman–Crippen MR) is 121 cm³/mol. The lowest BCUT2D eigenvalue weighted by molar-refractivity contribution is 0.600. The fourth-order valence-electron chi connectivity index (χ4n) is 3.33. The van der Waals surface area contributed by atoms with E-state index in [1.54, 1.807) is 29.7 Å². The highest BCUT2D eigenvalue weighted by atomic mass is 32.2. The first-order valence-corrected chi connectivity index (χ1v) is 11.8. The Balaban J connectivity index is 1.61. The Bertz CT molecular complexity index is 1500. The van der Waals surface area contributed by atoms with Gasteiger partial charge >= 0.3 is 0 Å². The highest BCUT2D eigenvalue weighted by molar-refractivity contribution is 7.92. The molecule has 0 saturated carbocycles. The molecule has 1 N–H and O–H groups in total. The Labute approximate surface area is 177 Å². The normalized spacial score (nSPS) is 11.9. The SMILES string of the molecule is CN(c1cccc(-c2cnc3[nH]cc(-c4ccc5ncsc5c4)c3n2)c1)S(C)(=O)=O. The summed E-state index contributed by atoms with van der Waals surface area (Å²) in [5, 5.41) is 0. The van der Waals surface area contributed by atoms with Crippen LogP contribution in [0.5, 0.6) is 0 Å². The zero-order chi connectivity index (χ0) is 20.9. The van der Waals surface area contributed by atoms with E-state index in [0.29, 0.717) is 17.0 Å². The van der Waals surface area contributed by atoms with Crippen molar-refractivity contribution in [2.75, 3.05) is 17.6 Å². The minimum atomic E-state index is -3.35. The minimum absolute atomic E-state index is 0.571. The van der Waals surface area contributed by atoms with Gasteiger partial charge in [0.05, 0.1) is 39.6 Å². The van der Waals surface area contributed by atoms with E-state index in [0.717, 1.165) is 32.4 Å². The average Bonchev–Trinajstić information content (AvgIpc) is 3.38. The first-order chi connectivity index (χ1) is 14.4. The smallest absolute Gasteiger partial charge is 0.231 e. The largest absolute Gasteiger partial charge is 0.344 e. The Hall–Kier alpha value is -3.30. The van der Waals surface area contributed by atoms with E-state index in [2.05, 4.69) is 21.0 Å². The van der Waals surface area contributed by atoms with Crippen molar-refractivity contribution in [2.45, 2.75) is 0 Å². The number of aromatic nitrogens is 4. The molecule has 0 amide bonds. The van der Waals surface area contributed by atoms with E-state index < -0.39 is 10.0 Å². The molecule has 5 aromatic rings. The summed E-state index contributed by atoms with van der Waals surface area (Å²) in [7, 11) is -1.82. The molecule has 2 aromatic carbocycles. The lowest BCUT2D eigenvalue weighted by Crippen LogP contribution is -2.24. The molecule has 0 spiro atoms. The Morgan fingerprint density at radius 1 is 1.07 bits per heavy atom. The Morgan fingerprint density at radius 3 is 2.77 bits per heavy atom. The van der Waals surface area contributed by atoms with E-state index >= 15 is 0 Å². The maximum absolute atomic E-state index is 11.9. The van der Waals surface area contributed by atoms with Crippen molar-refractivity contribution in [1.82, 2.24) is 19.9 Å². The monoisotopic (exact) mass is 435 g/mol. The molecule has 150 valence electrons. The van der Waals surface area contributed by atoms with Crippen LogP contribution < -0.4 is 4.31 Å². The molecule has 0 radical (unpaired) electrons. The molecule has 0 saturated heterocycles. The zero-order valence-corrected chi connectivity index (χ0v) is 17.8. The van der Waals surface area contributed by atoms with Crippen LogP contribution in [0.1, 0.15) is 0 Å². The van der Waals surface area contributed by atoms with Crippen LogP contribution in [0.25, 0.3) is 43.8 Å². The highest BCUT2D eigenvalue weighted by Crippen LogP contribution is 2.32. The van der Waals surface area contributed by atoms with E-state index in [-0.39, 0.29) is 0 Å². The number of nitrogens with one attached hydrogen (secondary N) is 1. The van der Waals surface area contributed by atoms with Gasteiger partial charge in [-0.3, -0.25) is 4.31 Å². The lowest BCUT2D eigenvalue weighted by atomic mass is 10.1. The number of H-pyrrole nitrogens is 1. The van der Waals surface area contributed by atoms with E-state index in [1.165, 1.54) is 17.6 Å². The lowest BCUT2D eigenvalue weighted by Gasteiger charge is -2.17. The van der Waals surface area contributed by atoms with E-state index in [9.17, 15) is 8.42 Å². The first kappa shape index (κ1) is 18.7. The molecule has 5 rings (SSSR count). The van der Waals surface area contributed by atoms with Crippen LogP contribution in [-0.4, -0.2) is 41.7 Å². The number of aromatic amines is 1. The highest BCUT2D eigenvalue weighted by Gasteiger charge is 2.15. The van der Waals surface area contributed by atoms with Gasteiger partial charge in [-0.05, 0) is 29.8 Å². The maximum atomic E-state index is 11.9. The number of thiazole rings is 1. The Kier molecular flexibility index (Phi) is 4.30. The summed E-state index contributed by atoms with van der Waals surface area (Å²) in [4.78, 5) is 16.9. The quantitative estimate of drug-likeness (QED) is 0.454. The summed E-state index contributed by atoms with van der Waals surface area (Å²) in [5.74, 6) is 0. The van der Waals surface area contributed by atoms with Crippen LogP contribution in [-0.2, 0) is 10.0 Å². The summed E-state index contributed by atoms with van der Waals surface area (Å²) in [6.45, 7) is 0. The minimum Gasteiger partial charge on any atom is -0.344 e. The van der Waals surface area contributed by atoms with Crippen LogP contribution in [0.15, 0.2) is 60.4 Å². The summed E-state index contributed by atoms with van der Waals surface area (Å²) in [6.07, 6.45) is 4.77. The topological polar surface area (TPSA) is 91.8 Å². The van der Waals surface area contributed by atoms with Gasteiger partial charge in [0.2, 0.25) is 10.0 Å². The second kappa shape index (κ2) is 6.89. The van der Waals surface area contributed by atoms with Crippen LogP contribution in [0, 0.1) is 0 Å². The molecule has 0 aliphatic rings. The molecule has 30 heavy (non-hydrogen) atoms. The van der Waals surface area contributed by atoms with Crippen molar-refractivity contribution in [3.63, 3.8) is 0 Å². The van der Waals surface area contributed by atoms with Gasteiger partial charge in [-0.1, -0.05) is 18.2 Å². The summed E-state index contributed by atoms with van der Waals surface area (Å²) < 4.78 is 26.1. The average molecular weight is 436 g/mol. The van der Waals surface area contributed by atoms with Gasteiger partial charge in [-0.2, -0.15) is 0 Å². The third kappa shape index (κ3) is 3.21. The van der Waals surface area contributed by atoms with Gasteiger partial charge in [0.25, 0.3) is 0 Å². The molecule has 3 heterocycles. The molecule has 0 aliphatic heterocycles. The van der Waals surface area contributed by atoms with Crippen LogP contribution >= 0.6 is 11.3 Å². The third-order valence-electron chi connectivity index (χ3n) is 5.03.